The molecule has 0 spiro atoms. The van der Waals surface area contributed by atoms with Crippen LogP contribution in [0, 0.1) is 0 Å². The van der Waals surface area contributed by atoms with Gasteiger partial charge >= 0.3 is 0 Å². The normalized spacial score (nSPS) is 19.5. The van der Waals surface area contributed by atoms with Crippen LogP contribution in [0.4, 0.5) is 5.82 Å². The zero-order chi connectivity index (χ0) is 13.5. The summed E-state index contributed by atoms with van der Waals surface area (Å²) in [7, 11) is 1.64. The van der Waals surface area contributed by atoms with Gasteiger partial charge in [-0.15, -0.1) is 0 Å². The molecule has 1 atom stereocenters. The number of anilines is 1. The predicted octanol–water partition coefficient (Wildman–Crippen LogP) is 1.84. The molecule has 0 bridgehead atoms. The van der Waals surface area contributed by atoms with E-state index in [4.69, 9.17) is 4.74 Å². The molecular formula is C14H24N4O. The molecule has 106 valence electrons. The van der Waals surface area contributed by atoms with E-state index in [-0.39, 0.29) is 0 Å². The molecule has 1 aromatic heterocycles. The molecule has 0 radical (unpaired) electrons. The van der Waals surface area contributed by atoms with Gasteiger partial charge in [0.15, 0.2) is 0 Å². The van der Waals surface area contributed by atoms with Crippen LogP contribution in [0.2, 0.25) is 0 Å². The number of piperidine rings is 1. The first-order valence-electron chi connectivity index (χ1n) is 7.18. The van der Waals surface area contributed by atoms with Gasteiger partial charge in [-0.1, -0.05) is 6.92 Å². The van der Waals surface area contributed by atoms with Crippen LogP contribution in [0.25, 0.3) is 0 Å². The third-order valence-electron chi connectivity index (χ3n) is 3.56. The average Bonchev–Trinajstić information content (AvgIpc) is 2.48. The highest BCUT2D eigenvalue weighted by atomic mass is 16.5. The van der Waals surface area contributed by atoms with Crippen molar-refractivity contribution in [3.63, 3.8) is 0 Å². The van der Waals surface area contributed by atoms with Crippen molar-refractivity contribution in [1.82, 2.24) is 15.3 Å². The maximum atomic E-state index is 5.19. The summed E-state index contributed by atoms with van der Waals surface area (Å²) in [4.78, 5) is 10.9. The maximum Gasteiger partial charge on any atom is 0.218 e. The fraction of sp³-hybridized carbons (Fsp3) is 0.714. The lowest BCUT2D eigenvalue weighted by Crippen LogP contribution is -2.46. The summed E-state index contributed by atoms with van der Waals surface area (Å²) in [5.74, 6) is 1.62. The van der Waals surface area contributed by atoms with Crippen LogP contribution in [0.5, 0.6) is 5.88 Å². The molecule has 1 unspecified atom stereocenters. The van der Waals surface area contributed by atoms with Crippen LogP contribution in [0.15, 0.2) is 12.4 Å². The topological polar surface area (TPSA) is 50.3 Å². The summed E-state index contributed by atoms with van der Waals surface area (Å²) in [6, 6.07) is 2.46. The molecule has 5 nitrogen and oxygen atoms in total. The van der Waals surface area contributed by atoms with Gasteiger partial charge in [-0.3, -0.25) is 0 Å². The van der Waals surface area contributed by atoms with Gasteiger partial charge in [-0.2, -0.15) is 0 Å². The summed E-state index contributed by atoms with van der Waals surface area (Å²) in [5.41, 5.74) is 0. The van der Waals surface area contributed by atoms with Crippen LogP contribution in [-0.4, -0.2) is 42.8 Å². The van der Waals surface area contributed by atoms with Crippen molar-refractivity contribution in [2.24, 2.45) is 0 Å². The van der Waals surface area contributed by atoms with Gasteiger partial charge < -0.3 is 15.0 Å². The fourth-order valence-electron chi connectivity index (χ4n) is 2.56. The molecule has 0 aliphatic carbocycles. The van der Waals surface area contributed by atoms with Crippen LogP contribution < -0.4 is 15.0 Å². The second-order valence-electron chi connectivity index (χ2n) is 4.97. The summed E-state index contributed by atoms with van der Waals surface area (Å²) < 4.78 is 5.19. The second-order valence-corrected chi connectivity index (χ2v) is 4.97. The van der Waals surface area contributed by atoms with Gasteiger partial charge in [0.05, 0.1) is 7.11 Å². The van der Waals surface area contributed by atoms with Crippen LogP contribution in [-0.2, 0) is 0 Å². The number of methoxy groups -OCH3 is 1. The molecule has 1 aliphatic rings. The number of ether oxygens (including phenoxy) is 1. The first kappa shape index (κ1) is 14.1. The Morgan fingerprint density at radius 2 is 2.32 bits per heavy atom. The number of hydrogen-bond donors (Lipinski definition) is 1. The van der Waals surface area contributed by atoms with Crippen molar-refractivity contribution in [3.8, 4) is 5.88 Å². The van der Waals surface area contributed by atoms with Crippen molar-refractivity contribution in [3.05, 3.63) is 12.4 Å². The highest BCUT2D eigenvalue weighted by Crippen LogP contribution is 2.24. The summed E-state index contributed by atoms with van der Waals surface area (Å²) in [5, 5.41) is 3.52. The first-order valence-corrected chi connectivity index (χ1v) is 7.18. The van der Waals surface area contributed by atoms with Crippen molar-refractivity contribution in [2.45, 2.75) is 38.6 Å². The standard InChI is InChI=1S/C14H24N4O/c1-3-7-15-10-12-6-4-5-8-18(12)13-9-14(19-2)17-11-16-13/h9,11-12,15H,3-8,10H2,1-2H3. The Morgan fingerprint density at radius 3 is 3.11 bits per heavy atom. The minimum Gasteiger partial charge on any atom is -0.481 e. The Balaban J connectivity index is 2.05. The van der Waals surface area contributed by atoms with Gasteiger partial charge in [-0.05, 0) is 32.2 Å². The molecule has 0 saturated carbocycles. The highest BCUT2D eigenvalue weighted by Gasteiger charge is 2.23. The van der Waals surface area contributed by atoms with E-state index in [2.05, 4.69) is 27.1 Å². The third kappa shape index (κ3) is 3.80. The molecule has 1 aliphatic heterocycles. The summed E-state index contributed by atoms with van der Waals surface area (Å²) in [6.07, 6.45) is 6.52. The number of nitrogens with zero attached hydrogens (tertiary/aromatic N) is 3. The lowest BCUT2D eigenvalue weighted by molar-refractivity contribution is 0.394. The lowest BCUT2D eigenvalue weighted by atomic mass is 10.0. The largest absolute Gasteiger partial charge is 0.481 e. The van der Waals surface area contributed by atoms with Crippen LogP contribution in [0.3, 0.4) is 0 Å². The van der Waals surface area contributed by atoms with E-state index in [0.29, 0.717) is 11.9 Å². The second kappa shape index (κ2) is 7.28. The van der Waals surface area contributed by atoms with E-state index in [1.54, 1.807) is 13.4 Å². The molecule has 2 heterocycles. The molecule has 1 saturated heterocycles. The average molecular weight is 264 g/mol. The molecule has 0 aromatic carbocycles. The Bertz CT molecular complexity index is 385. The molecule has 2 rings (SSSR count). The van der Waals surface area contributed by atoms with E-state index in [1.807, 2.05) is 6.07 Å². The minimum atomic E-state index is 0.528. The Morgan fingerprint density at radius 1 is 1.42 bits per heavy atom. The van der Waals surface area contributed by atoms with E-state index in [9.17, 15) is 0 Å². The molecule has 1 N–H and O–H groups in total. The van der Waals surface area contributed by atoms with Crippen molar-refractivity contribution >= 4 is 5.82 Å². The monoisotopic (exact) mass is 264 g/mol. The van der Waals surface area contributed by atoms with Crippen molar-refractivity contribution in [1.29, 1.82) is 0 Å². The number of hydrogen-bond acceptors (Lipinski definition) is 5. The molecule has 1 fully saturated rings. The molecule has 5 heteroatoms. The summed E-state index contributed by atoms with van der Waals surface area (Å²) >= 11 is 0. The zero-order valence-electron chi connectivity index (χ0n) is 11.9. The maximum absolute atomic E-state index is 5.19. The summed E-state index contributed by atoms with van der Waals surface area (Å²) in [6.45, 7) is 5.37. The predicted molar refractivity (Wildman–Crippen MR) is 76.7 cm³/mol. The van der Waals surface area contributed by atoms with Gasteiger partial charge in [0.2, 0.25) is 5.88 Å². The van der Waals surface area contributed by atoms with Gasteiger partial charge in [0.1, 0.15) is 12.1 Å². The zero-order valence-corrected chi connectivity index (χ0v) is 11.9. The van der Waals surface area contributed by atoms with Crippen molar-refractivity contribution in [2.75, 3.05) is 31.6 Å². The number of nitrogens with one attached hydrogen (secondary N) is 1. The van der Waals surface area contributed by atoms with E-state index < -0.39 is 0 Å². The SMILES string of the molecule is CCCNCC1CCCCN1c1cc(OC)ncn1. The number of aromatic nitrogens is 2. The van der Waals surface area contributed by atoms with Gasteiger partial charge in [-0.25, -0.2) is 9.97 Å². The minimum absolute atomic E-state index is 0.528. The van der Waals surface area contributed by atoms with E-state index in [0.717, 1.165) is 25.5 Å². The third-order valence-corrected chi connectivity index (χ3v) is 3.56. The fourth-order valence-corrected chi connectivity index (χ4v) is 2.56. The quantitative estimate of drug-likeness (QED) is 0.795. The first-order chi connectivity index (χ1) is 9.35. The van der Waals surface area contributed by atoms with E-state index in [1.165, 1.54) is 25.7 Å². The van der Waals surface area contributed by atoms with E-state index >= 15 is 0 Å². The smallest absolute Gasteiger partial charge is 0.218 e. The van der Waals surface area contributed by atoms with Crippen LogP contribution in [0.1, 0.15) is 32.6 Å². The highest BCUT2D eigenvalue weighted by molar-refractivity contribution is 5.42. The van der Waals surface area contributed by atoms with Crippen LogP contribution >= 0.6 is 0 Å². The molecule has 19 heavy (non-hydrogen) atoms. The van der Waals surface area contributed by atoms with Gasteiger partial charge in [0.25, 0.3) is 0 Å². The molecule has 0 amide bonds. The Labute approximate surface area is 115 Å². The molecule has 1 aromatic rings. The molecular weight excluding hydrogens is 240 g/mol. The van der Waals surface area contributed by atoms with Crippen molar-refractivity contribution < 1.29 is 4.74 Å². The lowest BCUT2D eigenvalue weighted by Gasteiger charge is -2.36. The number of rotatable bonds is 6. The Hall–Kier alpha value is -1.36. The van der Waals surface area contributed by atoms with Gasteiger partial charge in [0, 0.05) is 25.2 Å². The Kier molecular flexibility index (Phi) is 5.39.